The van der Waals surface area contributed by atoms with E-state index in [1.807, 2.05) is 18.2 Å². The predicted molar refractivity (Wildman–Crippen MR) is 58.1 cm³/mol. The van der Waals surface area contributed by atoms with Gasteiger partial charge in [0.2, 0.25) is 0 Å². The summed E-state index contributed by atoms with van der Waals surface area (Å²) in [5.41, 5.74) is 3.08. The third-order valence-electron chi connectivity index (χ3n) is 2.07. The molecule has 0 aliphatic heterocycles. The SMILES string of the molecule is C=C(CCl)c1cc2ccccc2[nH]1. The molecule has 2 aromatic rings. The van der Waals surface area contributed by atoms with Crippen LogP contribution < -0.4 is 0 Å². The van der Waals surface area contributed by atoms with Crippen LogP contribution in [0.5, 0.6) is 0 Å². The highest BCUT2D eigenvalue weighted by Gasteiger charge is 2.01. The second-order valence-corrected chi connectivity index (χ2v) is 3.27. The minimum atomic E-state index is 0.465. The third kappa shape index (κ3) is 1.47. The van der Waals surface area contributed by atoms with E-state index in [2.05, 4.69) is 23.7 Å². The lowest BCUT2D eigenvalue weighted by atomic mass is 10.2. The van der Waals surface area contributed by atoms with Gasteiger partial charge >= 0.3 is 0 Å². The number of rotatable bonds is 2. The van der Waals surface area contributed by atoms with Gasteiger partial charge in [-0.3, -0.25) is 0 Å². The van der Waals surface area contributed by atoms with Crippen LogP contribution in [0.3, 0.4) is 0 Å². The number of hydrogen-bond acceptors (Lipinski definition) is 0. The first-order valence-corrected chi connectivity index (χ1v) is 4.66. The molecule has 0 bridgehead atoms. The molecule has 0 amide bonds. The second-order valence-electron chi connectivity index (χ2n) is 3.01. The van der Waals surface area contributed by atoms with Crippen molar-refractivity contribution in [1.29, 1.82) is 0 Å². The first-order valence-electron chi connectivity index (χ1n) is 4.13. The summed E-state index contributed by atoms with van der Waals surface area (Å²) in [5.74, 6) is 0.465. The Kier molecular flexibility index (Phi) is 2.11. The summed E-state index contributed by atoms with van der Waals surface area (Å²) in [4.78, 5) is 3.26. The fourth-order valence-electron chi connectivity index (χ4n) is 1.34. The number of para-hydroxylation sites is 1. The van der Waals surface area contributed by atoms with Gasteiger partial charge in [0.25, 0.3) is 0 Å². The fourth-order valence-corrected chi connectivity index (χ4v) is 1.48. The molecule has 66 valence electrons. The standard InChI is InChI=1S/C11H10ClN/c1-8(7-12)11-6-9-4-2-3-5-10(9)13-11/h2-6,13H,1,7H2. The molecule has 0 saturated carbocycles. The maximum Gasteiger partial charge on any atom is 0.0488 e. The van der Waals surface area contributed by atoms with Crippen molar-refractivity contribution in [3.8, 4) is 0 Å². The van der Waals surface area contributed by atoms with Crippen LogP contribution >= 0.6 is 11.6 Å². The second kappa shape index (κ2) is 3.27. The molecule has 1 N–H and O–H groups in total. The van der Waals surface area contributed by atoms with E-state index < -0.39 is 0 Å². The molecule has 0 aliphatic carbocycles. The van der Waals surface area contributed by atoms with Crippen molar-refractivity contribution in [2.24, 2.45) is 0 Å². The van der Waals surface area contributed by atoms with Gasteiger partial charge in [-0.15, -0.1) is 11.6 Å². The number of aromatic nitrogens is 1. The zero-order valence-electron chi connectivity index (χ0n) is 7.18. The molecular formula is C11H10ClN. The lowest BCUT2D eigenvalue weighted by Gasteiger charge is -1.94. The average Bonchev–Trinajstić information content (AvgIpc) is 2.59. The van der Waals surface area contributed by atoms with Gasteiger partial charge < -0.3 is 4.98 Å². The van der Waals surface area contributed by atoms with Crippen molar-refractivity contribution in [3.05, 3.63) is 42.6 Å². The molecule has 0 spiro atoms. The minimum Gasteiger partial charge on any atom is -0.355 e. The van der Waals surface area contributed by atoms with Crippen molar-refractivity contribution in [3.63, 3.8) is 0 Å². The highest BCUT2D eigenvalue weighted by atomic mass is 35.5. The largest absolute Gasteiger partial charge is 0.355 e. The summed E-state index contributed by atoms with van der Waals surface area (Å²) in [6, 6.07) is 10.2. The van der Waals surface area contributed by atoms with Gasteiger partial charge in [-0.05, 0) is 23.1 Å². The normalized spacial score (nSPS) is 10.5. The maximum atomic E-state index is 5.69. The predicted octanol–water partition coefficient (Wildman–Crippen LogP) is 3.42. The fraction of sp³-hybridized carbons (Fsp3) is 0.0909. The minimum absolute atomic E-state index is 0.465. The summed E-state index contributed by atoms with van der Waals surface area (Å²) in [6.07, 6.45) is 0. The lowest BCUT2D eigenvalue weighted by Crippen LogP contribution is -1.81. The zero-order valence-corrected chi connectivity index (χ0v) is 7.93. The molecule has 2 rings (SSSR count). The van der Waals surface area contributed by atoms with Crippen molar-refractivity contribution in [2.75, 3.05) is 5.88 Å². The first-order chi connectivity index (χ1) is 6.31. The average molecular weight is 192 g/mol. The number of alkyl halides is 1. The van der Waals surface area contributed by atoms with Gasteiger partial charge in [0, 0.05) is 17.1 Å². The summed E-state index contributed by atoms with van der Waals surface area (Å²) in [5, 5.41) is 1.20. The van der Waals surface area contributed by atoms with E-state index in [9.17, 15) is 0 Å². The smallest absolute Gasteiger partial charge is 0.0488 e. The van der Waals surface area contributed by atoms with Crippen LogP contribution in [0.1, 0.15) is 5.69 Å². The van der Waals surface area contributed by atoms with Gasteiger partial charge in [0.05, 0.1) is 0 Å². The Morgan fingerprint density at radius 1 is 1.38 bits per heavy atom. The first kappa shape index (κ1) is 8.39. The van der Waals surface area contributed by atoms with Crippen molar-refractivity contribution in [1.82, 2.24) is 4.98 Å². The zero-order chi connectivity index (χ0) is 9.26. The molecule has 0 saturated heterocycles. The molecule has 1 aromatic heterocycles. The number of fused-ring (bicyclic) bond motifs is 1. The Labute approximate surface area is 82.0 Å². The van der Waals surface area contributed by atoms with E-state index in [0.29, 0.717) is 5.88 Å². The molecule has 0 fully saturated rings. The molecule has 1 nitrogen and oxygen atoms in total. The van der Waals surface area contributed by atoms with Crippen molar-refractivity contribution < 1.29 is 0 Å². The van der Waals surface area contributed by atoms with E-state index >= 15 is 0 Å². The topological polar surface area (TPSA) is 15.8 Å². The Bertz CT molecular complexity index is 409. The highest BCUT2D eigenvalue weighted by molar-refractivity contribution is 6.23. The molecule has 0 unspecified atom stereocenters. The lowest BCUT2D eigenvalue weighted by molar-refractivity contribution is 1.39. The van der Waals surface area contributed by atoms with Gasteiger partial charge in [-0.2, -0.15) is 0 Å². The third-order valence-corrected chi connectivity index (χ3v) is 2.39. The van der Waals surface area contributed by atoms with Gasteiger partial charge in [-0.25, -0.2) is 0 Å². The molecule has 0 aliphatic rings. The molecule has 1 heterocycles. The Morgan fingerprint density at radius 3 is 2.85 bits per heavy atom. The number of hydrogen-bond donors (Lipinski definition) is 1. The monoisotopic (exact) mass is 191 g/mol. The number of allylic oxidation sites excluding steroid dienone is 1. The van der Waals surface area contributed by atoms with Crippen LogP contribution in [0.25, 0.3) is 16.5 Å². The molecule has 0 atom stereocenters. The Hall–Kier alpha value is -1.21. The number of aromatic amines is 1. The summed E-state index contributed by atoms with van der Waals surface area (Å²) in [6.45, 7) is 3.88. The quantitative estimate of drug-likeness (QED) is 0.701. The molecule has 2 heteroatoms. The van der Waals surface area contributed by atoms with Crippen molar-refractivity contribution >= 4 is 28.1 Å². The number of H-pyrrole nitrogens is 1. The molecule has 0 radical (unpaired) electrons. The van der Waals surface area contributed by atoms with Gasteiger partial charge in [0.1, 0.15) is 0 Å². The molecule has 13 heavy (non-hydrogen) atoms. The van der Waals surface area contributed by atoms with E-state index in [-0.39, 0.29) is 0 Å². The summed E-state index contributed by atoms with van der Waals surface area (Å²) in [7, 11) is 0. The van der Waals surface area contributed by atoms with E-state index in [0.717, 1.165) is 16.8 Å². The number of nitrogens with one attached hydrogen (secondary N) is 1. The van der Waals surface area contributed by atoms with E-state index in [4.69, 9.17) is 11.6 Å². The van der Waals surface area contributed by atoms with Crippen LogP contribution in [-0.2, 0) is 0 Å². The number of benzene rings is 1. The summed E-state index contributed by atoms with van der Waals surface area (Å²) >= 11 is 5.69. The van der Waals surface area contributed by atoms with Crippen LogP contribution in [-0.4, -0.2) is 10.9 Å². The van der Waals surface area contributed by atoms with Crippen LogP contribution in [0.2, 0.25) is 0 Å². The Balaban J connectivity index is 2.56. The van der Waals surface area contributed by atoms with E-state index in [1.54, 1.807) is 0 Å². The Morgan fingerprint density at radius 2 is 2.15 bits per heavy atom. The van der Waals surface area contributed by atoms with Gasteiger partial charge in [-0.1, -0.05) is 24.8 Å². The van der Waals surface area contributed by atoms with Crippen molar-refractivity contribution in [2.45, 2.75) is 0 Å². The van der Waals surface area contributed by atoms with Crippen LogP contribution in [0.15, 0.2) is 36.9 Å². The van der Waals surface area contributed by atoms with Gasteiger partial charge in [0.15, 0.2) is 0 Å². The molecule has 1 aromatic carbocycles. The summed E-state index contributed by atoms with van der Waals surface area (Å²) < 4.78 is 0. The maximum absolute atomic E-state index is 5.69. The number of halogens is 1. The molecular weight excluding hydrogens is 182 g/mol. The highest BCUT2D eigenvalue weighted by Crippen LogP contribution is 2.19. The van der Waals surface area contributed by atoms with Crippen LogP contribution in [0.4, 0.5) is 0 Å². The van der Waals surface area contributed by atoms with E-state index in [1.165, 1.54) is 5.39 Å². The van der Waals surface area contributed by atoms with Crippen LogP contribution in [0, 0.1) is 0 Å².